The Balaban J connectivity index is 2.31. The molecule has 1 aromatic heterocycles. The van der Waals surface area contributed by atoms with Gasteiger partial charge in [0.25, 0.3) is 11.5 Å². The van der Waals surface area contributed by atoms with Crippen LogP contribution in [0.25, 0.3) is 10.9 Å². The van der Waals surface area contributed by atoms with E-state index in [-0.39, 0.29) is 10.3 Å². The molecule has 0 amide bonds. The van der Waals surface area contributed by atoms with Crippen molar-refractivity contribution in [2.24, 2.45) is 0 Å². The highest BCUT2D eigenvalue weighted by Gasteiger charge is 2.17. The fraction of sp³-hybridized carbons (Fsp3) is 0. The normalized spacial score (nSPS) is 10.7. The third-order valence-corrected chi connectivity index (χ3v) is 3.40. The number of hydrogen-bond donors (Lipinski definition) is 1. The topological polar surface area (TPSA) is 54.9 Å². The van der Waals surface area contributed by atoms with Crippen molar-refractivity contribution >= 4 is 29.0 Å². The van der Waals surface area contributed by atoms with Gasteiger partial charge in [0.1, 0.15) is 5.82 Å². The minimum absolute atomic E-state index is 0.0630. The van der Waals surface area contributed by atoms with E-state index in [9.17, 15) is 14.0 Å². The molecule has 104 valence electrons. The average Bonchev–Trinajstić information content (AvgIpc) is 2.47. The molecule has 0 aliphatic carbocycles. The quantitative estimate of drug-likeness (QED) is 0.703. The van der Waals surface area contributed by atoms with Gasteiger partial charge in [-0.3, -0.25) is 9.59 Å². The molecule has 2 aromatic carbocycles. The van der Waals surface area contributed by atoms with Crippen molar-refractivity contribution < 1.29 is 9.18 Å². The highest BCUT2D eigenvalue weighted by atomic mass is 32.1. The average molecular weight is 300 g/mol. The van der Waals surface area contributed by atoms with Gasteiger partial charge in [-0.05, 0) is 36.5 Å². The van der Waals surface area contributed by atoms with Crippen LogP contribution >= 0.6 is 12.2 Å². The smallest absolute Gasteiger partial charge is 0.270 e. The number of para-hydroxylation sites is 1. The highest BCUT2D eigenvalue weighted by molar-refractivity contribution is 7.71. The predicted octanol–water partition coefficient (Wildman–Crippen LogP) is 2.89. The predicted molar refractivity (Wildman–Crippen MR) is 79.5 cm³/mol. The molecule has 4 nitrogen and oxygen atoms in total. The van der Waals surface area contributed by atoms with E-state index in [1.54, 1.807) is 24.3 Å². The van der Waals surface area contributed by atoms with Gasteiger partial charge in [-0.25, -0.2) is 8.96 Å². The Kier molecular flexibility index (Phi) is 3.23. The Morgan fingerprint density at radius 1 is 1.10 bits per heavy atom. The summed E-state index contributed by atoms with van der Waals surface area (Å²) in [6.45, 7) is 0. The summed E-state index contributed by atoms with van der Waals surface area (Å²) in [5.41, 5.74) is -0.234. The van der Waals surface area contributed by atoms with Gasteiger partial charge in [-0.15, -0.1) is 0 Å². The maximum absolute atomic E-state index is 13.7. The zero-order valence-corrected chi connectivity index (χ0v) is 11.5. The second-order valence-corrected chi connectivity index (χ2v) is 4.79. The van der Waals surface area contributed by atoms with Gasteiger partial charge >= 0.3 is 0 Å². The van der Waals surface area contributed by atoms with Crippen LogP contribution in [-0.2, 0) is 0 Å². The summed E-state index contributed by atoms with van der Waals surface area (Å²) in [5.74, 6) is -1.48. The van der Waals surface area contributed by atoms with Gasteiger partial charge < -0.3 is 4.98 Å². The number of benzene rings is 2. The molecule has 0 atom stereocenters. The van der Waals surface area contributed by atoms with E-state index in [1.807, 2.05) is 0 Å². The molecule has 0 saturated carbocycles. The minimum Gasteiger partial charge on any atom is -0.331 e. The van der Waals surface area contributed by atoms with Crippen LogP contribution in [0.2, 0.25) is 0 Å². The molecule has 1 heterocycles. The van der Waals surface area contributed by atoms with Crippen LogP contribution in [0, 0.1) is 10.6 Å². The van der Waals surface area contributed by atoms with Crippen LogP contribution in [0.5, 0.6) is 0 Å². The molecule has 0 saturated heterocycles. The van der Waals surface area contributed by atoms with E-state index in [4.69, 9.17) is 12.2 Å². The van der Waals surface area contributed by atoms with Crippen LogP contribution in [-0.4, -0.2) is 15.5 Å². The number of rotatable bonds is 1. The van der Waals surface area contributed by atoms with Crippen molar-refractivity contribution in [1.29, 1.82) is 0 Å². The second kappa shape index (κ2) is 5.06. The van der Waals surface area contributed by atoms with Gasteiger partial charge in [0.15, 0.2) is 4.77 Å². The lowest BCUT2D eigenvalue weighted by atomic mass is 10.2. The van der Waals surface area contributed by atoms with E-state index in [0.29, 0.717) is 10.9 Å². The molecule has 0 aliphatic rings. The van der Waals surface area contributed by atoms with Gasteiger partial charge in [0, 0.05) is 0 Å². The van der Waals surface area contributed by atoms with Gasteiger partial charge in [-0.1, -0.05) is 24.3 Å². The van der Waals surface area contributed by atoms with Gasteiger partial charge in [-0.2, -0.15) is 0 Å². The summed E-state index contributed by atoms with van der Waals surface area (Å²) in [6.07, 6.45) is 0. The number of aromatic amines is 1. The summed E-state index contributed by atoms with van der Waals surface area (Å²) >= 11 is 5.05. The zero-order valence-electron chi connectivity index (χ0n) is 10.7. The van der Waals surface area contributed by atoms with Crippen molar-refractivity contribution in [3.05, 3.63) is 75.0 Å². The van der Waals surface area contributed by atoms with Crippen molar-refractivity contribution in [3.8, 4) is 0 Å². The van der Waals surface area contributed by atoms with E-state index in [2.05, 4.69) is 4.98 Å². The summed E-state index contributed by atoms with van der Waals surface area (Å²) in [7, 11) is 0. The number of fused-ring (bicyclic) bond motifs is 1. The lowest BCUT2D eigenvalue weighted by Crippen LogP contribution is -2.29. The molecule has 1 N–H and O–H groups in total. The molecule has 0 spiro atoms. The largest absolute Gasteiger partial charge is 0.331 e. The molecule has 0 aliphatic heterocycles. The monoisotopic (exact) mass is 300 g/mol. The summed E-state index contributed by atoms with van der Waals surface area (Å²) < 4.78 is 14.4. The first kappa shape index (κ1) is 13.4. The third-order valence-electron chi connectivity index (χ3n) is 3.11. The number of hydrogen-bond acceptors (Lipinski definition) is 3. The second-order valence-electron chi connectivity index (χ2n) is 4.40. The zero-order chi connectivity index (χ0) is 15.0. The van der Waals surface area contributed by atoms with Crippen LogP contribution in [0.3, 0.4) is 0 Å². The standard InChI is InChI=1S/C15H9FN2O2S/c16-11-7-3-1-5-9(11)13(19)18-14(20)10-6-2-4-8-12(10)17-15(18)21/h1-8H,(H,17,21). The fourth-order valence-electron chi connectivity index (χ4n) is 2.10. The Labute approximate surface area is 123 Å². The van der Waals surface area contributed by atoms with Crippen LogP contribution in [0.1, 0.15) is 10.4 Å². The SMILES string of the molecule is O=C(c1ccccc1F)n1c(=S)[nH]c2ccccc2c1=O. The molecular formula is C15H9FN2O2S. The molecule has 0 bridgehead atoms. The number of aromatic nitrogens is 2. The number of carbonyl (C=O) groups excluding carboxylic acids is 1. The maximum atomic E-state index is 13.7. The Morgan fingerprint density at radius 3 is 2.52 bits per heavy atom. The molecule has 0 fully saturated rings. The molecule has 0 radical (unpaired) electrons. The van der Waals surface area contributed by atoms with Crippen molar-refractivity contribution in [3.63, 3.8) is 0 Å². The summed E-state index contributed by atoms with van der Waals surface area (Å²) in [6, 6.07) is 12.2. The van der Waals surface area contributed by atoms with Crippen molar-refractivity contribution in [1.82, 2.24) is 9.55 Å². The molecule has 6 heteroatoms. The maximum Gasteiger partial charge on any atom is 0.270 e. The number of halogens is 1. The minimum atomic E-state index is -0.787. The lowest BCUT2D eigenvalue weighted by Gasteiger charge is -2.07. The molecular weight excluding hydrogens is 291 g/mol. The lowest BCUT2D eigenvalue weighted by molar-refractivity contribution is 0.0949. The Morgan fingerprint density at radius 2 is 1.76 bits per heavy atom. The van der Waals surface area contributed by atoms with E-state index >= 15 is 0 Å². The third kappa shape index (κ3) is 2.19. The highest BCUT2D eigenvalue weighted by Crippen LogP contribution is 2.10. The van der Waals surface area contributed by atoms with Crippen LogP contribution in [0.4, 0.5) is 4.39 Å². The first-order chi connectivity index (χ1) is 10.1. The molecule has 3 aromatic rings. The van der Waals surface area contributed by atoms with E-state index in [0.717, 1.165) is 10.6 Å². The number of H-pyrrole nitrogens is 1. The van der Waals surface area contributed by atoms with Gasteiger partial charge in [0.05, 0.1) is 16.5 Å². The van der Waals surface area contributed by atoms with Crippen LogP contribution < -0.4 is 5.56 Å². The van der Waals surface area contributed by atoms with Crippen LogP contribution in [0.15, 0.2) is 53.3 Å². The Bertz CT molecular complexity index is 975. The van der Waals surface area contributed by atoms with Gasteiger partial charge in [0.2, 0.25) is 0 Å². The molecule has 0 unspecified atom stereocenters. The number of carbonyl (C=O) groups is 1. The van der Waals surface area contributed by atoms with Crippen molar-refractivity contribution in [2.45, 2.75) is 0 Å². The Hall–Kier alpha value is -2.60. The number of nitrogens with one attached hydrogen (secondary N) is 1. The summed E-state index contributed by atoms with van der Waals surface area (Å²) in [5, 5.41) is 0.316. The molecule has 21 heavy (non-hydrogen) atoms. The number of nitrogens with zero attached hydrogens (tertiary/aromatic N) is 1. The van der Waals surface area contributed by atoms with E-state index in [1.165, 1.54) is 18.2 Å². The van der Waals surface area contributed by atoms with E-state index < -0.39 is 17.3 Å². The molecule has 3 rings (SSSR count). The summed E-state index contributed by atoms with van der Waals surface area (Å²) in [4.78, 5) is 27.6. The first-order valence-electron chi connectivity index (χ1n) is 6.13. The first-order valence-corrected chi connectivity index (χ1v) is 6.54. The van der Waals surface area contributed by atoms with Crippen molar-refractivity contribution in [2.75, 3.05) is 0 Å². The fourth-order valence-corrected chi connectivity index (χ4v) is 2.38.